The van der Waals surface area contributed by atoms with Gasteiger partial charge < -0.3 is 4.74 Å². The first-order valence-corrected chi connectivity index (χ1v) is 6.69. The summed E-state index contributed by atoms with van der Waals surface area (Å²) in [5.74, 6) is 0.507. The number of aromatic nitrogens is 2. The lowest BCUT2D eigenvalue weighted by molar-refractivity contribution is 0.192. The summed E-state index contributed by atoms with van der Waals surface area (Å²) >= 11 is 1.72. The molecule has 17 heavy (non-hydrogen) atoms. The van der Waals surface area contributed by atoms with E-state index in [1.807, 2.05) is 12.1 Å². The van der Waals surface area contributed by atoms with Crippen molar-refractivity contribution in [2.45, 2.75) is 30.2 Å². The number of hydrogen-bond acceptors (Lipinski definition) is 4. The van der Waals surface area contributed by atoms with Gasteiger partial charge in [0.15, 0.2) is 5.16 Å². The van der Waals surface area contributed by atoms with Gasteiger partial charge in [-0.3, -0.25) is 0 Å². The van der Waals surface area contributed by atoms with Gasteiger partial charge >= 0.3 is 0 Å². The summed E-state index contributed by atoms with van der Waals surface area (Å²) in [5.41, 5.74) is 0. The Balaban J connectivity index is 2.53. The minimum atomic E-state index is 0.477. The first-order valence-electron chi connectivity index (χ1n) is 5.81. The molecule has 1 rings (SSSR count). The number of rotatable bonds is 8. The maximum Gasteiger partial charge on any atom is 0.187 e. The SMILES string of the molecule is C=C[C@H](C)C[C@@H](CCOC)Sc1ncccn1. The maximum absolute atomic E-state index is 5.15. The van der Waals surface area contributed by atoms with Crippen molar-refractivity contribution in [3.05, 3.63) is 31.1 Å². The van der Waals surface area contributed by atoms with Gasteiger partial charge in [-0.05, 0) is 24.8 Å². The highest BCUT2D eigenvalue weighted by atomic mass is 32.2. The molecule has 0 saturated heterocycles. The van der Waals surface area contributed by atoms with Gasteiger partial charge in [0.1, 0.15) is 0 Å². The van der Waals surface area contributed by atoms with Crippen LogP contribution in [-0.4, -0.2) is 28.9 Å². The average Bonchev–Trinajstić information content (AvgIpc) is 2.37. The third-order valence-corrected chi connectivity index (χ3v) is 3.68. The lowest BCUT2D eigenvalue weighted by Gasteiger charge is -2.17. The van der Waals surface area contributed by atoms with Crippen LogP contribution in [0.4, 0.5) is 0 Å². The predicted molar refractivity (Wildman–Crippen MR) is 72.1 cm³/mol. The molecule has 1 heterocycles. The van der Waals surface area contributed by atoms with E-state index < -0.39 is 0 Å². The van der Waals surface area contributed by atoms with Gasteiger partial charge in [0.25, 0.3) is 0 Å². The lowest BCUT2D eigenvalue weighted by Crippen LogP contribution is -2.11. The van der Waals surface area contributed by atoms with Crippen LogP contribution >= 0.6 is 11.8 Å². The van der Waals surface area contributed by atoms with E-state index >= 15 is 0 Å². The van der Waals surface area contributed by atoms with Crippen molar-refractivity contribution in [3.63, 3.8) is 0 Å². The average molecular weight is 252 g/mol. The van der Waals surface area contributed by atoms with Crippen LogP contribution < -0.4 is 0 Å². The van der Waals surface area contributed by atoms with E-state index in [1.165, 1.54) is 0 Å². The molecule has 0 aliphatic rings. The van der Waals surface area contributed by atoms with Crippen LogP contribution in [0.2, 0.25) is 0 Å². The van der Waals surface area contributed by atoms with Crippen molar-refractivity contribution >= 4 is 11.8 Å². The zero-order chi connectivity index (χ0) is 12.5. The molecule has 0 amide bonds. The van der Waals surface area contributed by atoms with Gasteiger partial charge in [-0.15, -0.1) is 6.58 Å². The van der Waals surface area contributed by atoms with Crippen LogP contribution in [-0.2, 0) is 4.74 Å². The molecule has 0 spiro atoms. The Hall–Kier alpha value is -0.870. The van der Waals surface area contributed by atoms with E-state index in [0.717, 1.165) is 24.6 Å². The minimum absolute atomic E-state index is 0.477. The van der Waals surface area contributed by atoms with Crippen molar-refractivity contribution in [3.8, 4) is 0 Å². The topological polar surface area (TPSA) is 35.0 Å². The summed E-state index contributed by atoms with van der Waals surface area (Å²) in [4.78, 5) is 8.49. The van der Waals surface area contributed by atoms with E-state index in [9.17, 15) is 0 Å². The Morgan fingerprint density at radius 1 is 1.47 bits per heavy atom. The van der Waals surface area contributed by atoms with Gasteiger partial charge in [-0.1, -0.05) is 24.8 Å². The normalized spacial score (nSPS) is 14.2. The van der Waals surface area contributed by atoms with Gasteiger partial charge in [0.05, 0.1) is 0 Å². The van der Waals surface area contributed by atoms with Gasteiger partial charge in [-0.2, -0.15) is 0 Å². The fourth-order valence-corrected chi connectivity index (χ4v) is 2.64. The minimum Gasteiger partial charge on any atom is -0.385 e. The van der Waals surface area contributed by atoms with E-state index in [0.29, 0.717) is 11.2 Å². The molecule has 0 radical (unpaired) electrons. The van der Waals surface area contributed by atoms with Gasteiger partial charge in [0, 0.05) is 31.4 Å². The first kappa shape index (κ1) is 14.2. The molecule has 0 unspecified atom stereocenters. The number of thioether (sulfide) groups is 1. The number of allylic oxidation sites excluding steroid dienone is 1. The molecule has 0 aliphatic carbocycles. The number of methoxy groups -OCH3 is 1. The third-order valence-electron chi connectivity index (χ3n) is 2.50. The number of hydrogen-bond donors (Lipinski definition) is 0. The predicted octanol–water partition coefficient (Wildman–Crippen LogP) is 3.19. The van der Waals surface area contributed by atoms with Crippen LogP contribution in [0.3, 0.4) is 0 Å². The van der Waals surface area contributed by atoms with Crippen LogP contribution in [0.25, 0.3) is 0 Å². The van der Waals surface area contributed by atoms with E-state index in [4.69, 9.17) is 4.74 Å². The summed E-state index contributed by atoms with van der Waals surface area (Å²) in [6.45, 7) is 6.78. The Kier molecular flexibility index (Phi) is 6.89. The summed E-state index contributed by atoms with van der Waals surface area (Å²) < 4.78 is 5.15. The van der Waals surface area contributed by atoms with Crippen LogP contribution in [0, 0.1) is 5.92 Å². The molecule has 94 valence electrons. The van der Waals surface area contributed by atoms with E-state index in [-0.39, 0.29) is 0 Å². The molecule has 1 aromatic heterocycles. The third kappa shape index (κ3) is 5.84. The molecule has 0 aromatic carbocycles. The maximum atomic E-state index is 5.15. The summed E-state index contributed by atoms with van der Waals surface area (Å²) in [6, 6.07) is 1.83. The fraction of sp³-hybridized carbons (Fsp3) is 0.538. The highest BCUT2D eigenvalue weighted by Gasteiger charge is 2.14. The first-order chi connectivity index (χ1) is 8.26. The monoisotopic (exact) mass is 252 g/mol. The van der Waals surface area contributed by atoms with Crippen LogP contribution in [0.1, 0.15) is 19.8 Å². The largest absolute Gasteiger partial charge is 0.385 e. The molecular formula is C13H20N2OS. The Morgan fingerprint density at radius 3 is 2.76 bits per heavy atom. The zero-order valence-electron chi connectivity index (χ0n) is 10.5. The summed E-state index contributed by atoms with van der Waals surface area (Å²) in [7, 11) is 1.73. The van der Waals surface area contributed by atoms with Crippen molar-refractivity contribution in [2.75, 3.05) is 13.7 Å². The Bertz CT molecular complexity index is 318. The Labute approximate surface area is 108 Å². The van der Waals surface area contributed by atoms with Crippen molar-refractivity contribution in [1.82, 2.24) is 9.97 Å². The summed E-state index contributed by atoms with van der Waals surface area (Å²) in [5, 5.41) is 1.32. The van der Waals surface area contributed by atoms with Gasteiger partial charge in [0.2, 0.25) is 0 Å². The Morgan fingerprint density at radius 2 is 2.18 bits per heavy atom. The second-order valence-electron chi connectivity index (χ2n) is 4.00. The molecular weight excluding hydrogens is 232 g/mol. The number of ether oxygens (including phenoxy) is 1. The molecule has 0 saturated carbocycles. The molecule has 3 nitrogen and oxygen atoms in total. The van der Waals surface area contributed by atoms with Gasteiger partial charge in [-0.25, -0.2) is 9.97 Å². The molecule has 2 atom stereocenters. The second-order valence-corrected chi connectivity index (χ2v) is 5.27. The number of nitrogens with zero attached hydrogens (tertiary/aromatic N) is 2. The fourth-order valence-electron chi connectivity index (χ4n) is 1.48. The summed E-state index contributed by atoms with van der Waals surface area (Å²) in [6.07, 6.45) is 7.64. The smallest absolute Gasteiger partial charge is 0.187 e. The molecule has 0 aliphatic heterocycles. The zero-order valence-corrected chi connectivity index (χ0v) is 11.3. The standard InChI is InChI=1S/C13H20N2OS/c1-4-11(2)10-12(6-9-16-3)17-13-14-7-5-8-15-13/h4-5,7-8,11-12H,1,6,9-10H2,2-3H3/t11-,12+/m0/s1. The van der Waals surface area contributed by atoms with Crippen molar-refractivity contribution < 1.29 is 4.74 Å². The quantitative estimate of drug-likeness (QED) is 0.404. The van der Waals surface area contributed by atoms with Crippen molar-refractivity contribution in [1.29, 1.82) is 0 Å². The lowest BCUT2D eigenvalue weighted by atomic mass is 10.0. The van der Waals surface area contributed by atoms with Crippen LogP contribution in [0.15, 0.2) is 36.3 Å². The second kappa shape index (κ2) is 8.25. The van der Waals surface area contributed by atoms with Crippen LogP contribution in [0.5, 0.6) is 0 Å². The molecule has 0 N–H and O–H groups in total. The molecule has 4 heteroatoms. The highest BCUT2D eigenvalue weighted by Crippen LogP contribution is 2.27. The molecule has 1 aromatic rings. The van der Waals surface area contributed by atoms with E-state index in [2.05, 4.69) is 23.5 Å². The molecule has 0 fully saturated rings. The molecule has 0 bridgehead atoms. The van der Waals surface area contributed by atoms with E-state index in [1.54, 1.807) is 31.3 Å². The highest BCUT2D eigenvalue weighted by molar-refractivity contribution is 7.99. The van der Waals surface area contributed by atoms with Crippen molar-refractivity contribution in [2.24, 2.45) is 5.92 Å².